The van der Waals surface area contributed by atoms with Gasteiger partial charge in [0.2, 0.25) is 0 Å². The Labute approximate surface area is 105 Å². The van der Waals surface area contributed by atoms with Gasteiger partial charge in [-0.05, 0) is 6.92 Å². The van der Waals surface area contributed by atoms with Gasteiger partial charge in [-0.1, -0.05) is 35.9 Å². The minimum atomic E-state index is -1.50. The van der Waals surface area contributed by atoms with E-state index in [1.165, 1.54) is 5.56 Å². The average molecular weight is 281 g/mol. The molecule has 1 aromatic carbocycles. The van der Waals surface area contributed by atoms with Crippen molar-refractivity contribution in [1.29, 1.82) is 0 Å². The van der Waals surface area contributed by atoms with E-state index in [1.54, 1.807) is 0 Å². The fourth-order valence-corrected chi connectivity index (χ4v) is 0.534. The van der Waals surface area contributed by atoms with E-state index in [0.29, 0.717) is 0 Å². The topological polar surface area (TPSA) is 190 Å². The molecule has 0 aliphatic rings. The Hall–Kier alpha value is -3.18. The highest BCUT2D eigenvalue weighted by Crippen LogP contribution is 1.92. The summed E-state index contributed by atoms with van der Waals surface area (Å²) in [6.07, 6.45) is 0. The molecule has 0 aliphatic heterocycles. The molecule has 0 aliphatic carbocycles. The van der Waals surface area contributed by atoms with Gasteiger partial charge in [0.15, 0.2) is 0 Å². The van der Waals surface area contributed by atoms with Crippen molar-refractivity contribution in [2.45, 2.75) is 6.92 Å². The summed E-state index contributed by atoms with van der Waals surface area (Å²) in [5.41, 5.74) is 1.32. The molecule has 0 aromatic heterocycles. The van der Waals surface area contributed by atoms with Gasteiger partial charge < -0.3 is 15.6 Å². The van der Waals surface area contributed by atoms with E-state index >= 15 is 0 Å². The number of benzene rings is 1. The summed E-state index contributed by atoms with van der Waals surface area (Å²) in [6, 6.07) is 10.3. The third-order valence-corrected chi connectivity index (χ3v) is 0.940. The molecule has 3 N–H and O–H groups in total. The second kappa shape index (κ2) is 14.8. The van der Waals surface area contributed by atoms with Crippen molar-refractivity contribution < 1.29 is 30.9 Å². The van der Waals surface area contributed by atoms with Crippen LogP contribution in [0.25, 0.3) is 0 Å². The quantitative estimate of drug-likeness (QED) is 0.458. The van der Waals surface area contributed by atoms with Gasteiger partial charge in [-0.2, -0.15) is 0 Å². The maximum absolute atomic E-state index is 8.36. The monoisotopic (exact) mass is 281 g/mol. The SMILES string of the molecule is Cc1ccccc1.O=[N+]([O-])O.O=[N+]([O-])O.O=[N+]([O-])O. The summed E-state index contributed by atoms with van der Waals surface area (Å²) in [4.78, 5) is 25.1. The standard InChI is InChI=1S/C7H8.3HNO3/c1-7-5-3-2-4-6-7;3*2-1(3)4/h2-6H,1H3;3*(H,2,3,4). The van der Waals surface area contributed by atoms with Gasteiger partial charge >= 0.3 is 0 Å². The van der Waals surface area contributed by atoms with Crippen LogP contribution in [0.1, 0.15) is 5.56 Å². The maximum Gasteiger partial charge on any atom is 0.291 e. The van der Waals surface area contributed by atoms with Gasteiger partial charge in [0, 0.05) is 0 Å². The van der Waals surface area contributed by atoms with Crippen LogP contribution in [0.15, 0.2) is 30.3 Å². The predicted octanol–water partition coefficient (Wildman–Crippen LogP) is 0.952. The molecule has 19 heavy (non-hydrogen) atoms. The Morgan fingerprint density at radius 3 is 1.11 bits per heavy atom. The number of aryl methyl sites for hydroxylation is 1. The van der Waals surface area contributed by atoms with Crippen molar-refractivity contribution in [3.8, 4) is 0 Å². The lowest BCUT2D eigenvalue weighted by atomic mass is 10.2. The summed E-state index contributed by atoms with van der Waals surface area (Å²) >= 11 is 0. The minimum absolute atomic E-state index is 1.32. The zero-order valence-corrected chi connectivity index (χ0v) is 9.52. The van der Waals surface area contributed by atoms with Crippen molar-refractivity contribution >= 4 is 0 Å². The van der Waals surface area contributed by atoms with Crippen LogP contribution in [0.5, 0.6) is 0 Å². The zero-order valence-electron chi connectivity index (χ0n) is 9.52. The third kappa shape index (κ3) is 105. The van der Waals surface area contributed by atoms with E-state index in [0.717, 1.165) is 0 Å². The molecule has 0 fully saturated rings. The Bertz CT molecular complexity index is 329. The van der Waals surface area contributed by atoms with Gasteiger partial charge in [-0.3, -0.25) is 0 Å². The molecule has 0 radical (unpaired) electrons. The lowest BCUT2D eigenvalue weighted by molar-refractivity contribution is -0.742. The van der Waals surface area contributed by atoms with E-state index in [1.807, 2.05) is 18.2 Å². The first-order chi connectivity index (χ1) is 8.59. The number of rotatable bonds is 0. The van der Waals surface area contributed by atoms with Gasteiger partial charge in [0.25, 0.3) is 15.3 Å². The molecule has 0 atom stereocenters. The molecule has 1 rings (SSSR count). The molecule has 0 saturated carbocycles. The van der Waals surface area contributed by atoms with Crippen molar-refractivity contribution in [3.63, 3.8) is 0 Å². The van der Waals surface area contributed by atoms with Crippen LogP contribution in [0.4, 0.5) is 0 Å². The Kier molecular flexibility index (Phi) is 16.5. The Morgan fingerprint density at radius 2 is 1.00 bits per heavy atom. The van der Waals surface area contributed by atoms with Gasteiger partial charge in [-0.25, -0.2) is 0 Å². The molecule has 1 aromatic rings. The van der Waals surface area contributed by atoms with E-state index in [-0.39, 0.29) is 0 Å². The molecule has 0 saturated heterocycles. The van der Waals surface area contributed by atoms with Gasteiger partial charge in [-0.15, -0.1) is 30.3 Å². The summed E-state index contributed by atoms with van der Waals surface area (Å²) in [6.45, 7) is 2.08. The van der Waals surface area contributed by atoms with Gasteiger partial charge in [0.05, 0.1) is 0 Å². The molecular weight excluding hydrogens is 270 g/mol. The smallest absolute Gasteiger partial charge is 0.291 e. The molecular formula is C7H11N3O9. The average Bonchev–Trinajstić information content (AvgIpc) is 2.15. The summed E-state index contributed by atoms with van der Waals surface area (Å²) in [5.74, 6) is 0. The molecule has 0 heterocycles. The van der Waals surface area contributed by atoms with Crippen LogP contribution in [0, 0.1) is 37.3 Å². The number of nitrogens with zero attached hydrogens (tertiary/aromatic N) is 3. The van der Waals surface area contributed by atoms with Gasteiger partial charge in [0.1, 0.15) is 0 Å². The first-order valence-corrected chi connectivity index (χ1v) is 4.11. The third-order valence-electron chi connectivity index (χ3n) is 0.940. The fourth-order valence-electron chi connectivity index (χ4n) is 0.534. The van der Waals surface area contributed by atoms with Crippen LogP contribution in [0.3, 0.4) is 0 Å². The number of hydrogen-bond acceptors (Lipinski definition) is 6. The molecule has 12 heteroatoms. The molecule has 12 nitrogen and oxygen atoms in total. The number of hydrogen-bond donors (Lipinski definition) is 3. The van der Waals surface area contributed by atoms with Crippen LogP contribution in [-0.4, -0.2) is 30.9 Å². The lowest BCUT2D eigenvalue weighted by Gasteiger charge is -1.82. The van der Waals surface area contributed by atoms with E-state index < -0.39 is 15.3 Å². The van der Waals surface area contributed by atoms with Crippen LogP contribution >= 0.6 is 0 Å². The van der Waals surface area contributed by atoms with Crippen molar-refractivity contribution in [1.82, 2.24) is 0 Å². The summed E-state index contributed by atoms with van der Waals surface area (Å²) in [7, 11) is 0. The van der Waals surface area contributed by atoms with Crippen LogP contribution in [-0.2, 0) is 0 Å². The highest BCUT2D eigenvalue weighted by atomic mass is 16.9. The van der Waals surface area contributed by atoms with Crippen molar-refractivity contribution in [3.05, 3.63) is 66.2 Å². The Morgan fingerprint density at radius 1 is 0.789 bits per heavy atom. The lowest BCUT2D eigenvalue weighted by Crippen LogP contribution is -1.81. The molecule has 108 valence electrons. The highest BCUT2D eigenvalue weighted by Gasteiger charge is 1.72. The first-order valence-electron chi connectivity index (χ1n) is 4.11. The second-order valence-electron chi connectivity index (χ2n) is 2.37. The Balaban J connectivity index is -0.000000189. The van der Waals surface area contributed by atoms with Crippen LogP contribution in [0.2, 0.25) is 0 Å². The normalized spacial score (nSPS) is 7.00. The minimum Gasteiger partial charge on any atom is -0.328 e. The molecule has 0 unspecified atom stereocenters. The van der Waals surface area contributed by atoms with Crippen molar-refractivity contribution in [2.75, 3.05) is 0 Å². The summed E-state index contributed by atoms with van der Waals surface area (Å²) < 4.78 is 0. The first kappa shape index (κ1) is 21.1. The predicted molar refractivity (Wildman–Crippen MR) is 57.5 cm³/mol. The van der Waals surface area contributed by atoms with Crippen LogP contribution < -0.4 is 0 Å². The molecule has 0 spiro atoms. The largest absolute Gasteiger partial charge is 0.328 e. The van der Waals surface area contributed by atoms with E-state index in [2.05, 4.69) is 19.1 Å². The fraction of sp³-hybridized carbons (Fsp3) is 0.143. The molecule has 0 bridgehead atoms. The zero-order chi connectivity index (χ0) is 15.8. The second-order valence-corrected chi connectivity index (χ2v) is 2.37. The molecule has 0 amide bonds. The van der Waals surface area contributed by atoms with E-state index in [4.69, 9.17) is 46.0 Å². The maximum atomic E-state index is 8.36. The summed E-state index contributed by atoms with van der Waals surface area (Å²) in [5, 5.41) is 40.9. The highest BCUT2D eigenvalue weighted by molar-refractivity contribution is 5.11. The van der Waals surface area contributed by atoms with Crippen molar-refractivity contribution in [2.24, 2.45) is 0 Å². The van der Waals surface area contributed by atoms with E-state index in [9.17, 15) is 0 Å².